The number of rotatable bonds is 4. The van der Waals surface area contributed by atoms with Crippen molar-refractivity contribution in [2.24, 2.45) is 5.92 Å². The summed E-state index contributed by atoms with van der Waals surface area (Å²) in [5.74, 6) is 0.437. The molecule has 0 spiro atoms. The van der Waals surface area contributed by atoms with Crippen molar-refractivity contribution in [3.05, 3.63) is 58.1 Å². The summed E-state index contributed by atoms with van der Waals surface area (Å²) in [6.45, 7) is 0.612. The lowest BCUT2D eigenvalue weighted by Gasteiger charge is -2.18. The molecule has 26 heavy (non-hydrogen) atoms. The van der Waals surface area contributed by atoms with Gasteiger partial charge in [-0.05, 0) is 67.3 Å². The van der Waals surface area contributed by atoms with Gasteiger partial charge in [-0.2, -0.15) is 0 Å². The van der Waals surface area contributed by atoms with E-state index >= 15 is 0 Å². The van der Waals surface area contributed by atoms with Crippen LogP contribution in [-0.4, -0.2) is 27.9 Å². The van der Waals surface area contributed by atoms with Crippen LogP contribution in [-0.2, 0) is 21.2 Å². The Labute approximate surface area is 161 Å². The number of nitrogens with zero attached hydrogens (tertiary/aromatic N) is 1. The molecule has 5 nitrogen and oxygen atoms in total. The highest BCUT2D eigenvalue weighted by molar-refractivity contribution is 9.10. The number of fused-ring (bicyclic) bond motifs is 1. The molecule has 136 valence electrons. The highest BCUT2D eigenvalue weighted by Gasteiger charge is 2.46. The summed E-state index contributed by atoms with van der Waals surface area (Å²) in [5.41, 5.74) is 2.95. The normalized spacial score (nSPS) is 21.5. The van der Waals surface area contributed by atoms with E-state index in [0.29, 0.717) is 13.0 Å². The van der Waals surface area contributed by atoms with Gasteiger partial charge in [0, 0.05) is 22.6 Å². The number of anilines is 1. The quantitative estimate of drug-likeness (QED) is 0.803. The molecular weight excluding hydrogens is 416 g/mol. The first-order valence-corrected chi connectivity index (χ1v) is 10.8. The molecule has 0 saturated heterocycles. The molecule has 1 fully saturated rings. The van der Waals surface area contributed by atoms with Crippen molar-refractivity contribution in [2.45, 2.75) is 23.7 Å². The van der Waals surface area contributed by atoms with Crippen molar-refractivity contribution >= 4 is 37.5 Å². The van der Waals surface area contributed by atoms with Gasteiger partial charge in [-0.1, -0.05) is 28.1 Å². The molecule has 0 aromatic heterocycles. The average Bonchev–Trinajstić information content (AvgIpc) is 3.33. The van der Waals surface area contributed by atoms with E-state index in [-0.39, 0.29) is 22.6 Å². The Bertz CT molecular complexity index is 973. The predicted molar refractivity (Wildman–Crippen MR) is 104 cm³/mol. The minimum absolute atomic E-state index is 0.0165. The highest BCUT2D eigenvalue weighted by atomic mass is 79.9. The number of hydrogen-bond donors (Lipinski definition) is 1. The number of amides is 1. The molecule has 1 saturated carbocycles. The second kappa shape index (κ2) is 6.48. The molecule has 0 bridgehead atoms. The number of carbonyl (C=O) groups excluding carboxylic acids is 1. The van der Waals surface area contributed by atoms with Gasteiger partial charge in [-0.25, -0.2) is 13.1 Å². The van der Waals surface area contributed by atoms with Gasteiger partial charge < -0.3 is 4.90 Å². The first-order valence-electron chi connectivity index (χ1n) is 8.54. The summed E-state index contributed by atoms with van der Waals surface area (Å²) in [6.07, 6.45) is 1.56. The Morgan fingerprint density at radius 1 is 1.19 bits per heavy atom. The molecule has 0 radical (unpaired) electrons. The Kier molecular flexibility index (Phi) is 4.41. The van der Waals surface area contributed by atoms with E-state index in [4.69, 9.17) is 0 Å². The largest absolute Gasteiger partial charge is 0.312 e. The number of benzene rings is 2. The van der Waals surface area contributed by atoms with Gasteiger partial charge >= 0.3 is 0 Å². The molecule has 2 aromatic carbocycles. The first-order chi connectivity index (χ1) is 12.4. The Hall–Kier alpha value is -1.70. The summed E-state index contributed by atoms with van der Waals surface area (Å²) < 4.78 is 27.3. The van der Waals surface area contributed by atoms with Crippen LogP contribution < -0.4 is 9.62 Å². The maximum absolute atomic E-state index is 12.9. The van der Waals surface area contributed by atoms with Gasteiger partial charge in [0.05, 0.1) is 4.90 Å². The van der Waals surface area contributed by atoms with Crippen LogP contribution in [0.4, 0.5) is 5.69 Å². The third-order valence-electron chi connectivity index (χ3n) is 5.20. The van der Waals surface area contributed by atoms with Gasteiger partial charge in [-0.15, -0.1) is 0 Å². The molecule has 4 rings (SSSR count). The predicted octanol–water partition coefficient (Wildman–Crippen LogP) is 3.05. The fourth-order valence-corrected chi connectivity index (χ4v) is 4.68. The van der Waals surface area contributed by atoms with Crippen molar-refractivity contribution in [3.8, 4) is 0 Å². The fraction of sp³-hybridized carbons (Fsp3) is 0.316. The Balaban J connectivity index is 1.53. The van der Waals surface area contributed by atoms with Gasteiger partial charge in [0.15, 0.2) is 0 Å². The maximum Gasteiger partial charge on any atom is 0.240 e. The Morgan fingerprint density at radius 3 is 2.62 bits per heavy atom. The molecule has 1 N–H and O–H groups in total. The van der Waals surface area contributed by atoms with Crippen molar-refractivity contribution in [3.63, 3.8) is 0 Å². The summed E-state index contributed by atoms with van der Waals surface area (Å²) in [7, 11) is -2.07. The summed E-state index contributed by atoms with van der Waals surface area (Å²) in [5, 5.41) is 0. The van der Waals surface area contributed by atoms with Crippen molar-refractivity contribution in [1.29, 1.82) is 0 Å². The SMILES string of the molecule is CNS(=O)(=O)c1ccc2c(c1)CCN2C(=O)C1CC1c1ccc(Br)cc1. The molecule has 7 heteroatoms. The monoisotopic (exact) mass is 434 g/mol. The van der Waals surface area contributed by atoms with Crippen LogP contribution in [0.1, 0.15) is 23.5 Å². The summed E-state index contributed by atoms with van der Waals surface area (Å²) >= 11 is 3.43. The van der Waals surface area contributed by atoms with Gasteiger partial charge in [0.25, 0.3) is 0 Å². The van der Waals surface area contributed by atoms with Crippen LogP contribution in [0.3, 0.4) is 0 Å². The van der Waals surface area contributed by atoms with E-state index in [2.05, 4.69) is 32.8 Å². The van der Waals surface area contributed by atoms with Crippen molar-refractivity contribution in [2.75, 3.05) is 18.5 Å². The molecule has 2 atom stereocenters. The van der Waals surface area contributed by atoms with Crippen LogP contribution in [0, 0.1) is 5.92 Å². The second-order valence-corrected chi connectivity index (χ2v) is 9.54. The van der Waals surface area contributed by atoms with E-state index < -0.39 is 10.0 Å². The van der Waals surface area contributed by atoms with Crippen LogP contribution in [0.15, 0.2) is 51.8 Å². The molecule has 1 heterocycles. The van der Waals surface area contributed by atoms with Crippen LogP contribution >= 0.6 is 15.9 Å². The number of halogens is 1. The van der Waals surface area contributed by atoms with E-state index in [1.54, 1.807) is 18.2 Å². The first kappa shape index (κ1) is 17.7. The van der Waals surface area contributed by atoms with Gasteiger partial charge in [0.2, 0.25) is 15.9 Å². The van der Waals surface area contributed by atoms with Crippen LogP contribution in [0.2, 0.25) is 0 Å². The Morgan fingerprint density at radius 2 is 1.92 bits per heavy atom. The zero-order valence-corrected chi connectivity index (χ0v) is 16.7. The molecule has 2 unspecified atom stereocenters. The fourth-order valence-electron chi connectivity index (χ4n) is 3.64. The molecule has 1 aliphatic carbocycles. The standard InChI is InChI=1S/C19H19BrN2O3S/c1-21-26(24,25)15-6-7-18-13(10-15)8-9-22(18)19(23)17-11-16(17)12-2-4-14(20)5-3-12/h2-7,10,16-17,21H,8-9,11H2,1H3. The van der Waals surface area contributed by atoms with E-state index in [0.717, 1.165) is 22.1 Å². The van der Waals surface area contributed by atoms with Crippen molar-refractivity contribution < 1.29 is 13.2 Å². The molecule has 1 amide bonds. The molecule has 1 aliphatic heterocycles. The zero-order valence-electron chi connectivity index (χ0n) is 14.3. The summed E-state index contributed by atoms with van der Waals surface area (Å²) in [4.78, 5) is 15.0. The molecule has 2 aliphatic rings. The average molecular weight is 435 g/mol. The maximum atomic E-state index is 12.9. The van der Waals surface area contributed by atoms with Crippen LogP contribution in [0.25, 0.3) is 0 Å². The number of nitrogens with one attached hydrogen (secondary N) is 1. The molecule has 2 aromatic rings. The van der Waals surface area contributed by atoms with Gasteiger partial charge in [-0.3, -0.25) is 4.79 Å². The van der Waals surface area contributed by atoms with Crippen LogP contribution in [0.5, 0.6) is 0 Å². The lowest BCUT2D eigenvalue weighted by molar-refractivity contribution is -0.119. The lowest BCUT2D eigenvalue weighted by atomic mass is 10.1. The minimum Gasteiger partial charge on any atom is -0.312 e. The lowest BCUT2D eigenvalue weighted by Crippen LogP contribution is -2.30. The highest BCUT2D eigenvalue weighted by Crippen LogP contribution is 2.49. The number of sulfonamides is 1. The minimum atomic E-state index is -3.47. The van der Waals surface area contributed by atoms with Crippen molar-refractivity contribution in [1.82, 2.24) is 4.72 Å². The number of carbonyl (C=O) groups is 1. The van der Waals surface area contributed by atoms with E-state index in [1.165, 1.54) is 12.6 Å². The smallest absolute Gasteiger partial charge is 0.240 e. The van der Waals surface area contributed by atoms with E-state index in [1.807, 2.05) is 17.0 Å². The third-order valence-corrected chi connectivity index (χ3v) is 7.14. The zero-order chi connectivity index (χ0) is 18.5. The number of hydrogen-bond acceptors (Lipinski definition) is 3. The van der Waals surface area contributed by atoms with Gasteiger partial charge in [0.1, 0.15) is 0 Å². The topological polar surface area (TPSA) is 66.5 Å². The third kappa shape index (κ3) is 3.08. The summed E-state index contributed by atoms with van der Waals surface area (Å²) in [6, 6.07) is 13.1. The van der Waals surface area contributed by atoms with E-state index in [9.17, 15) is 13.2 Å². The molecular formula is C19H19BrN2O3S. The second-order valence-electron chi connectivity index (χ2n) is 6.74.